The Morgan fingerprint density at radius 3 is 2.68 bits per heavy atom. The van der Waals surface area contributed by atoms with Gasteiger partial charge in [0.1, 0.15) is 6.54 Å². The summed E-state index contributed by atoms with van der Waals surface area (Å²) in [5, 5.41) is 12.6. The van der Waals surface area contributed by atoms with Crippen molar-refractivity contribution >= 4 is 28.3 Å². The summed E-state index contributed by atoms with van der Waals surface area (Å²) in [6.07, 6.45) is 1.47. The molecule has 0 aliphatic heterocycles. The molecule has 0 atom stereocenters. The van der Waals surface area contributed by atoms with Crippen molar-refractivity contribution in [2.75, 3.05) is 19.4 Å². The Labute approximate surface area is 145 Å². The smallest absolute Gasteiger partial charge is 0.277 e. The zero-order chi connectivity index (χ0) is 18.0. The van der Waals surface area contributed by atoms with Crippen LogP contribution in [0.3, 0.4) is 0 Å². The molecule has 0 aliphatic rings. The minimum atomic E-state index is -0.358. The summed E-state index contributed by atoms with van der Waals surface area (Å²) >= 11 is 0. The van der Waals surface area contributed by atoms with Gasteiger partial charge in [-0.25, -0.2) is 4.68 Å². The van der Waals surface area contributed by atoms with Crippen molar-refractivity contribution < 1.29 is 9.59 Å². The van der Waals surface area contributed by atoms with Gasteiger partial charge in [0.2, 0.25) is 5.91 Å². The third kappa shape index (κ3) is 3.50. The van der Waals surface area contributed by atoms with Gasteiger partial charge in [0, 0.05) is 19.5 Å². The zero-order valence-electron chi connectivity index (χ0n) is 14.4. The highest BCUT2D eigenvalue weighted by molar-refractivity contribution is 6.09. The Balaban J connectivity index is 1.83. The number of likely N-dealkylation sites (N-methyl/N-ethyl adjacent to an activating group) is 1. The van der Waals surface area contributed by atoms with Crippen molar-refractivity contribution in [1.29, 1.82) is 0 Å². The molecule has 2 aromatic carbocycles. The molecule has 25 heavy (non-hydrogen) atoms. The number of aromatic nitrogens is 3. The summed E-state index contributed by atoms with van der Waals surface area (Å²) in [4.78, 5) is 25.7. The standard InChI is InChI=1S/C18H19N5O2/c1-12-8-9-13-6-4-5-7-14(13)17(12)19-18(25)15-10-23(21-20-15)11-16(24)22(2)3/h4-10H,11H2,1-3H3,(H,19,25). The van der Waals surface area contributed by atoms with Crippen LogP contribution in [-0.4, -0.2) is 45.8 Å². The SMILES string of the molecule is Cc1ccc2ccccc2c1NC(=O)c1cn(CC(=O)N(C)C)nn1. The second kappa shape index (κ2) is 6.72. The third-order valence-corrected chi connectivity index (χ3v) is 3.94. The van der Waals surface area contributed by atoms with Crippen molar-refractivity contribution in [3.05, 3.63) is 53.9 Å². The number of hydrogen-bond acceptors (Lipinski definition) is 4. The molecule has 0 saturated heterocycles. The van der Waals surface area contributed by atoms with Crippen molar-refractivity contribution in [2.24, 2.45) is 0 Å². The lowest BCUT2D eigenvalue weighted by atomic mass is 10.0. The molecule has 0 bridgehead atoms. The quantitative estimate of drug-likeness (QED) is 0.790. The van der Waals surface area contributed by atoms with Gasteiger partial charge < -0.3 is 10.2 Å². The largest absolute Gasteiger partial charge is 0.347 e. The van der Waals surface area contributed by atoms with E-state index in [1.165, 1.54) is 15.8 Å². The first-order chi connectivity index (χ1) is 12.0. The van der Waals surface area contributed by atoms with E-state index in [0.717, 1.165) is 22.0 Å². The molecular formula is C18H19N5O2. The Morgan fingerprint density at radius 1 is 1.16 bits per heavy atom. The first-order valence-corrected chi connectivity index (χ1v) is 7.85. The van der Waals surface area contributed by atoms with E-state index in [-0.39, 0.29) is 24.1 Å². The number of anilines is 1. The van der Waals surface area contributed by atoms with Gasteiger partial charge >= 0.3 is 0 Å². The van der Waals surface area contributed by atoms with E-state index in [0.29, 0.717) is 0 Å². The molecule has 1 heterocycles. The van der Waals surface area contributed by atoms with E-state index < -0.39 is 0 Å². The molecule has 0 fully saturated rings. The number of nitrogens with one attached hydrogen (secondary N) is 1. The van der Waals surface area contributed by atoms with Gasteiger partial charge in [-0.05, 0) is 17.9 Å². The van der Waals surface area contributed by atoms with Crippen LogP contribution in [0.15, 0.2) is 42.6 Å². The van der Waals surface area contributed by atoms with Gasteiger partial charge in [-0.2, -0.15) is 0 Å². The molecule has 0 spiro atoms. The van der Waals surface area contributed by atoms with Crippen LogP contribution in [0.2, 0.25) is 0 Å². The molecule has 0 unspecified atom stereocenters. The fourth-order valence-corrected chi connectivity index (χ4v) is 2.48. The summed E-state index contributed by atoms with van der Waals surface area (Å²) < 4.78 is 1.35. The molecule has 2 amide bonds. The average molecular weight is 337 g/mol. The molecule has 1 N–H and O–H groups in total. The minimum absolute atomic E-state index is 0.0422. The number of aryl methyl sites for hydroxylation is 1. The molecule has 3 aromatic rings. The van der Waals surface area contributed by atoms with E-state index in [2.05, 4.69) is 15.6 Å². The number of fused-ring (bicyclic) bond motifs is 1. The van der Waals surface area contributed by atoms with Gasteiger partial charge in [0.25, 0.3) is 5.91 Å². The second-order valence-corrected chi connectivity index (χ2v) is 6.02. The van der Waals surface area contributed by atoms with Crippen molar-refractivity contribution in [3.8, 4) is 0 Å². The van der Waals surface area contributed by atoms with Gasteiger partial charge in [-0.1, -0.05) is 41.6 Å². The molecule has 0 aliphatic carbocycles. The number of nitrogens with zero attached hydrogens (tertiary/aromatic N) is 4. The Morgan fingerprint density at radius 2 is 1.92 bits per heavy atom. The van der Waals surface area contributed by atoms with E-state index in [9.17, 15) is 9.59 Å². The highest BCUT2D eigenvalue weighted by Crippen LogP contribution is 2.27. The molecule has 1 aromatic heterocycles. The van der Waals surface area contributed by atoms with E-state index >= 15 is 0 Å². The van der Waals surface area contributed by atoms with Crippen LogP contribution in [0.4, 0.5) is 5.69 Å². The summed E-state index contributed by atoms with van der Waals surface area (Å²) in [6.45, 7) is 1.98. The Hall–Kier alpha value is -3.22. The predicted molar refractivity (Wildman–Crippen MR) is 95.4 cm³/mol. The summed E-state index contributed by atoms with van der Waals surface area (Å²) in [5.41, 5.74) is 1.88. The first kappa shape index (κ1) is 16.6. The van der Waals surface area contributed by atoms with Crippen LogP contribution >= 0.6 is 0 Å². The van der Waals surface area contributed by atoms with Crippen LogP contribution in [0, 0.1) is 6.92 Å². The maximum absolute atomic E-state index is 12.5. The van der Waals surface area contributed by atoms with E-state index in [4.69, 9.17) is 0 Å². The lowest BCUT2D eigenvalue weighted by molar-refractivity contribution is -0.129. The van der Waals surface area contributed by atoms with Gasteiger partial charge in [-0.3, -0.25) is 9.59 Å². The molecule has 0 saturated carbocycles. The van der Waals surface area contributed by atoms with Crippen molar-refractivity contribution in [3.63, 3.8) is 0 Å². The molecule has 0 radical (unpaired) electrons. The zero-order valence-corrected chi connectivity index (χ0v) is 14.4. The Bertz CT molecular complexity index is 946. The number of hydrogen-bond donors (Lipinski definition) is 1. The maximum Gasteiger partial charge on any atom is 0.277 e. The number of rotatable bonds is 4. The number of carbonyl (C=O) groups is 2. The molecular weight excluding hydrogens is 318 g/mol. The second-order valence-electron chi connectivity index (χ2n) is 6.02. The van der Waals surface area contributed by atoms with Gasteiger partial charge in [0.15, 0.2) is 5.69 Å². The number of carbonyl (C=O) groups excluding carboxylic acids is 2. The van der Waals surface area contributed by atoms with Gasteiger partial charge in [-0.15, -0.1) is 5.10 Å². The van der Waals surface area contributed by atoms with Crippen LogP contribution in [0.1, 0.15) is 16.1 Å². The summed E-state index contributed by atoms with van der Waals surface area (Å²) in [7, 11) is 3.33. The van der Waals surface area contributed by atoms with Crippen LogP contribution in [0.5, 0.6) is 0 Å². The number of amides is 2. The van der Waals surface area contributed by atoms with Crippen molar-refractivity contribution in [1.82, 2.24) is 19.9 Å². The van der Waals surface area contributed by atoms with Gasteiger partial charge in [0.05, 0.1) is 11.9 Å². The topological polar surface area (TPSA) is 80.1 Å². The fraction of sp³-hybridized carbons (Fsp3) is 0.222. The average Bonchev–Trinajstić information content (AvgIpc) is 3.06. The van der Waals surface area contributed by atoms with Crippen molar-refractivity contribution in [2.45, 2.75) is 13.5 Å². The monoisotopic (exact) mass is 337 g/mol. The minimum Gasteiger partial charge on any atom is -0.347 e. The highest BCUT2D eigenvalue weighted by Gasteiger charge is 2.15. The summed E-state index contributed by atoms with van der Waals surface area (Å²) in [6, 6.07) is 11.8. The molecule has 7 heteroatoms. The number of benzene rings is 2. The molecule has 7 nitrogen and oxygen atoms in total. The van der Waals surface area contributed by atoms with Crippen LogP contribution in [0.25, 0.3) is 10.8 Å². The molecule has 128 valence electrons. The highest BCUT2D eigenvalue weighted by atomic mass is 16.2. The Kier molecular flexibility index (Phi) is 4.47. The van der Waals surface area contributed by atoms with E-state index in [1.54, 1.807) is 14.1 Å². The lowest BCUT2D eigenvalue weighted by Gasteiger charge is -2.11. The molecule has 3 rings (SSSR count). The van der Waals surface area contributed by atoms with Crippen LogP contribution < -0.4 is 5.32 Å². The normalized spacial score (nSPS) is 10.7. The first-order valence-electron chi connectivity index (χ1n) is 7.85. The summed E-state index contributed by atoms with van der Waals surface area (Å²) in [5.74, 6) is -0.482. The lowest BCUT2D eigenvalue weighted by Crippen LogP contribution is -2.26. The van der Waals surface area contributed by atoms with E-state index in [1.807, 2.05) is 43.3 Å². The third-order valence-electron chi connectivity index (χ3n) is 3.94. The van der Waals surface area contributed by atoms with Crippen LogP contribution in [-0.2, 0) is 11.3 Å². The maximum atomic E-state index is 12.5. The fourth-order valence-electron chi connectivity index (χ4n) is 2.48. The predicted octanol–water partition coefficient (Wildman–Crippen LogP) is 2.08.